The molecule has 3 heterocycles. The van der Waals surface area contributed by atoms with Gasteiger partial charge in [-0.2, -0.15) is 0 Å². The van der Waals surface area contributed by atoms with Crippen LogP contribution >= 0.6 is 0 Å². The third-order valence-corrected chi connectivity index (χ3v) is 5.33. The molecule has 0 aromatic heterocycles. The molecule has 3 aliphatic heterocycles. The molecule has 0 spiro atoms. The number of ether oxygens (including phenoxy) is 1. The molecule has 4 nitrogen and oxygen atoms in total. The van der Waals surface area contributed by atoms with Gasteiger partial charge in [0, 0.05) is 37.7 Å². The lowest BCUT2D eigenvalue weighted by Crippen LogP contribution is -2.39. The van der Waals surface area contributed by atoms with Gasteiger partial charge in [0.05, 0.1) is 6.61 Å². The number of amides is 1. The second-order valence-electron chi connectivity index (χ2n) is 6.44. The summed E-state index contributed by atoms with van der Waals surface area (Å²) in [6, 6.07) is 6.30. The minimum Gasteiger partial charge on any atom is -0.493 e. The molecule has 0 bridgehead atoms. The van der Waals surface area contributed by atoms with Crippen molar-refractivity contribution in [1.82, 2.24) is 10.2 Å². The Morgan fingerprint density at radius 1 is 1.43 bits per heavy atom. The Hall–Kier alpha value is -1.55. The molecule has 4 rings (SSSR count). The maximum atomic E-state index is 12.9. The molecule has 3 atom stereocenters. The Labute approximate surface area is 125 Å². The van der Waals surface area contributed by atoms with Crippen molar-refractivity contribution in [2.24, 2.45) is 11.8 Å². The van der Waals surface area contributed by atoms with Gasteiger partial charge >= 0.3 is 0 Å². The Bertz CT molecular complexity index is 572. The van der Waals surface area contributed by atoms with E-state index in [1.807, 2.05) is 18.2 Å². The summed E-state index contributed by atoms with van der Waals surface area (Å²) >= 11 is 0. The van der Waals surface area contributed by atoms with Crippen LogP contribution in [0.2, 0.25) is 0 Å². The van der Waals surface area contributed by atoms with E-state index >= 15 is 0 Å². The largest absolute Gasteiger partial charge is 0.493 e. The Morgan fingerprint density at radius 2 is 2.33 bits per heavy atom. The fourth-order valence-corrected chi connectivity index (χ4v) is 4.26. The highest BCUT2D eigenvalue weighted by molar-refractivity contribution is 5.95. The second kappa shape index (κ2) is 5.02. The number of likely N-dealkylation sites (tertiary alicyclic amines) is 1. The van der Waals surface area contributed by atoms with Crippen LogP contribution in [0.15, 0.2) is 18.2 Å². The van der Waals surface area contributed by atoms with Gasteiger partial charge in [-0.1, -0.05) is 6.92 Å². The Morgan fingerprint density at radius 3 is 3.19 bits per heavy atom. The predicted molar refractivity (Wildman–Crippen MR) is 80.6 cm³/mol. The van der Waals surface area contributed by atoms with Gasteiger partial charge in [-0.05, 0) is 42.0 Å². The summed E-state index contributed by atoms with van der Waals surface area (Å²) in [6.45, 7) is 5.96. The highest BCUT2D eigenvalue weighted by atomic mass is 16.5. The van der Waals surface area contributed by atoms with Crippen LogP contribution in [0.5, 0.6) is 5.75 Å². The first-order valence-corrected chi connectivity index (χ1v) is 8.05. The molecular formula is C17H22N2O2. The molecule has 4 heteroatoms. The number of nitrogens with zero attached hydrogens (tertiary/aromatic N) is 1. The monoisotopic (exact) mass is 286 g/mol. The zero-order valence-corrected chi connectivity index (χ0v) is 12.5. The summed E-state index contributed by atoms with van der Waals surface area (Å²) in [5.74, 6) is 2.42. The van der Waals surface area contributed by atoms with Crippen molar-refractivity contribution in [3.8, 4) is 5.75 Å². The van der Waals surface area contributed by atoms with Gasteiger partial charge in [0.15, 0.2) is 0 Å². The molecule has 0 saturated carbocycles. The molecule has 1 amide bonds. The third-order valence-electron chi connectivity index (χ3n) is 5.33. The van der Waals surface area contributed by atoms with Crippen molar-refractivity contribution in [2.75, 3.05) is 26.2 Å². The van der Waals surface area contributed by atoms with Gasteiger partial charge in [-0.25, -0.2) is 0 Å². The minimum absolute atomic E-state index is 0.200. The zero-order valence-electron chi connectivity index (χ0n) is 12.5. The number of hydrogen-bond acceptors (Lipinski definition) is 3. The molecule has 0 aliphatic carbocycles. The first-order chi connectivity index (χ1) is 10.3. The highest BCUT2D eigenvalue weighted by Gasteiger charge is 2.45. The molecule has 3 unspecified atom stereocenters. The van der Waals surface area contributed by atoms with Crippen LogP contribution in [0.1, 0.15) is 29.3 Å². The maximum absolute atomic E-state index is 12.9. The van der Waals surface area contributed by atoms with Gasteiger partial charge in [0.1, 0.15) is 5.75 Å². The summed E-state index contributed by atoms with van der Waals surface area (Å²) in [5, 5.41) is 3.47. The lowest BCUT2D eigenvalue weighted by atomic mass is 9.93. The van der Waals surface area contributed by atoms with Crippen LogP contribution in [-0.2, 0) is 6.42 Å². The second-order valence-corrected chi connectivity index (χ2v) is 6.44. The molecule has 1 aromatic carbocycles. The van der Waals surface area contributed by atoms with E-state index < -0.39 is 0 Å². The smallest absolute Gasteiger partial charge is 0.254 e. The van der Waals surface area contributed by atoms with Crippen molar-refractivity contribution < 1.29 is 9.53 Å². The van der Waals surface area contributed by atoms with Gasteiger partial charge in [-0.3, -0.25) is 4.79 Å². The number of benzene rings is 1. The topological polar surface area (TPSA) is 41.6 Å². The Kier molecular flexibility index (Phi) is 3.14. The van der Waals surface area contributed by atoms with Crippen molar-refractivity contribution in [2.45, 2.75) is 25.8 Å². The number of rotatable bonds is 2. The van der Waals surface area contributed by atoms with Crippen LogP contribution < -0.4 is 10.1 Å². The van der Waals surface area contributed by atoms with Crippen LogP contribution in [0, 0.1) is 11.8 Å². The average molecular weight is 286 g/mol. The number of fused-ring (bicyclic) bond motifs is 2. The summed E-state index contributed by atoms with van der Waals surface area (Å²) in [4.78, 5) is 15.0. The normalized spacial score (nSPS) is 30.1. The van der Waals surface area contributed by atoms with E-state index in [-0.39, 0.29) is 5.91 Å². The van der Waals surface area contributed by atoms with Gasteiger partial charge in [0.25, 0.3) is 5.91 Å². The fraction of sp³-hybridized carbons (Fsp3) is 0.588. The molecular weight excluding hydrogens is 264 g/mol. The molecule has 112 valence electrons. The molecule has 2 saturated heterocycles. The standard InChI is InChI=1S/C17H22N2O2/c1-2-15-14-9-18-8-13(14)10-19(15)17(20)12-3-4-16-11(7-12)5-6-21-16/h3-4,7,13-15,18H,2,5-6,8-10H2,1H3. The van der Waals surface area contributed by atoms with E-state index in [1.54, 1.807) is 0 Å². The maximum Gasteiger partial charge on any atom is 0.254 e. The molecule has 0 radical (unpaired) electrons. The van der Waals surface area contributed by atoms with E-state index in [9.17, 15) is 4.79 Å². The number of nitrogens with one attached hydrogen (secondary N) is 1. The molecule has 1 N–H and O–H groups in total. The van der Waals surface area contributed by atoms with E-state index in [4.69, 9.17) is 4.74 Å². The summed E-state index contributed by atoms with van der Waals surface area (Å²) < 4.78 is 5.53. The lowest BCUT2D eigenvalue weighted by molar-refractivity contribution is 0.0711. The van der Waals surface area contributed by atoms with Crippen LogP contribution in [-0.4, -0.2) is 43.1 Å². The summed E-state index contributed by atoms with van der Waals surface area (Å²) in [6.07, 6.45) is 1.96. The van der Waals surface area contributed by atoms with Crippen LogP contribution in [0.4, 0.5) is 0 Å². The van der Waals surface area contributed by atoms with Crippen molar-refractivity contribution in [1.29, 1.82) is 0 Å². The zero-order chi connectivity index (χ0) is 14.4. The van der Waals surface area contributed by atoms with Crippen molar-refractivity contribution in [3.05, 3.63) is 29.3 Å². The van der Waals surface area contributed by atoms with Gasteiger partial charge < -0.3 is 15.0 Å². The third kappa shape index (κ3) is 2.04. The number of carbonyl (C=O) groups is 1. The lowest BCUT2D eigenvalue weighted by Gasteiger charge is -2.27. The van der Waals surface area contributed by atoms with E-state index in [0.29, 0.717) is 17.9 Å². The molecule has 2 fully saturated rings. The van der Waals surface area contributed by atoms with E-state index in [1.165, 1.54) is 5.56 Å². The van der Waals surface area contributed by atoms with E-state index in [0.717, 1.165) is 50.4 Å². The van der Waals surface area contributed by atoms with Crippen LogP contribution in [0.25, 0.3) is 0 Å². The van der Waals surface area contributed by atoms with Crippen LogP contribution in [0.3, 0.4) is 0 Å². The summed E-state index contributed by atoms with van der Waals surface area (Å²) in [5.41, 5.74) is 2.00. The van der Waals surface area contributed by atoms with Gasteiger partial charge in [-0.15, -0.1) is 0 Å². The molecule has 21 heavy (non-hydrogen) atoms. The number of carbonyl (C=O) groups excluding carboxylic acids is 1. The van der Waals surface area contributed by atoms with E-state index in [2.05, 4.69) is 17.1 Å². The minimum atomic E-state index is 0.200. The molecule has 1 aromatic rings. The quantitative estimate of drug-likeness (QED) is 0.899. The van der Waals surface area contributed by atoms with Crippen molar-refractivity contribution in [3.63, 3.8) is 0 Å². The summed E-state index contributed by atoms with van der Waals surface area (Å²) in [7, 11) is 0. The Balaban J connectivity index is 1.59. The number of hydrogen-bond donors (Lipinski definition) is 1. The van der Waals surface area contributed by atoms with Gasteiger partial charge in [0.2, 0.25) is 0 Å². The first-order valence-electron chi connectivity index (χ1n) is 8.05. The fourth-order valence-electron chi connectivity index (χ4n) is 4.26. The highest BCUT2D eigenvalue weighted by Crippen LogP contribution is 2.35. The first kappa shape index (κ1) is 13.1. The molecule has 3 aliphatic rings. The van der Waals surface area contributed by atoms with Crippen molar-refractivity contribution >= 4 is 5.91 Å². The SMILES string of the molecule is CCC1C2CNCC2CN1C(=O)c1ccc2c(c1)CCO2. The predicted octanol–water partition coefficient (Wildman–Crippen LogP) is 1.69. The average Bonchev–Trinajstić information content (AvgIpc) is 3.20.